The molecule has 0 saturated carbocycles. The summed E-state index contributed by atoms with van der Waals surface area (Å²) in [7, 11) is 1.64. The van der Waals surface area contributed by atoms with Crippen molar-refractivity contribution in [1.82, 2.24) is 9.97 Å². The summed E-state index contributed by atoms with van der Waals surface area (Å²) in [6, 6.07) is 11.9. The van der Waals surface area contributed by atoms with Crippen molar-refractivity contribution >= 4 is 16.7 Å². The van der Waals surface area contributed by atoms with Gasteiger partial charge in [-0.15, -0.1) is 0 Å². The monoisotopic (exact) mass is 279 g/mol. The predicted molar refractivity (Wildman–Crippen MR) is 85.4 cm³/mol. The third kappa shape index (κ3) is 2.40. The number of aryl methyl sites for hydroxylation is 2. The van der Waals surface area contributed by atoms with Gasteiger partial charge in [0.05, 0.1) is 18.2 Å². The molecule has 0 bridgehead atoms. The SMILES string of the molecule is COc1ccc(C)cc1-c1nc(N)c2cc(C)ccc2n1. The molecule has 0 aliphatic heterocycles. The fourth-order valence-corrected chi connectivity index (χ4v) is 2.38. The van der Waals surface area contributed by atoms with E-state index in [1.807, 2.05) is 50.2 Å². The molecule has 3 rings (SSSR count). The number of rotatable bonds is 2. The highest BCUT2D eigenvalue weighted by Crippen LogP contribution is 2.31. The number of fused-ring (bicyclic) bond motifs is 1. The lowest BCUT2D eigenvalue weighted by Crippen LogP contribution is -1.99. The predicted octanol–water partition coefficient (Wildman–Crippen LogP) is 3.50. The van der Waals surface area contributed by atoms with Crippen molar-refractivity contribution in [2.75, 3.05) is 12.8 Å². The van der Waals surface area contributed by atoms with Gasteiger partial charge >= 0.3 is 0 Å². The molecule has 0 radical (unpaired) electrons. The van der Waals surface area contributed by atoms with E-state index in [1.165, 1.54) is 0 Å². The van der Waals surface area contributed by atoms with Gasteiger partial charge in [0.1, 0.15) is 11.6 Å². The molecule has 0 atom stereocenters. The molecule has 0 spiro atoms. The molecular weight excluding hydrogens is 262 g/mol. The van der Waals surface area contributed by atoms with Gasteiger partial charge in [0, 0.05) is 5.39 Å². The Balaban J connectivity index is 2.26. The van der Waals surface area contributed by atoms with Crippen LogP contribution in [0.1, 0.15) is 11.1 Å². The van der Waals surface area contributed by atoms with Crippen molar-refractivity contribution in [2.24, 2.45) is 0 Å². The molecule has 2 N–H and O–H groups in total. The van der Waals surface area contributed by atoms with Gasteiger partial charge in [0.25, 0.3) is 0 Å². The molecule has 0 amide bonds. The van der Waals surface area contributed by atoms with Gasteiger partial charge in [-0.1, -0.05) is 23.3 Å². The lowest BCUT2D eigenvalue weighted by Gasteiger charge is -2.10. The highest BCUT2D eigenvalue weighted by molar-refractivity contribution is 5.90. The van der Waals surface area contributed by atoms with Crippen LogP contribution in [0.15, 0.2) is 36.4 Å². The van der Waals surface area contributed by atoms with E-state index in [0.29, 0.717) is 11.6 Å². The Labute approximate surface area is 123 Å². The van der Waals surface area contributed by atoms with Crippen molar-refractivity contribution in [1.29, 1.82) is 0 Å². The minimum atomic E-state index is 0.488. The maximum Gasteiger partial charge on any atom is 0.165 e. The first-order valence-electron chi connectivity index (χ1n) is 6.77. The summed E-state index contributed by atoms with van der Waals surface area (Å²) in [5.74, 6) is 1.82. The number of hydrogen-bond donors (Lipinski definition) is 1. The van der Waals surface area contributed by atoms with E-state index in [2.05, 4.69) is 9.97 Å². The van der Waals surface area contributed by atoms with E-state index in [1.54, 1.807) is 7.11 Å². The van der Waals surface area contributed by atoms with Crippen molar-refractivity contribution in [3.8, 4) is 17.1 Å². The van der Waals surface area contributed by atoms with Crippen LogP contribution in [-0.4, -0.2) is 17.1 Å². The van der Waals surface area contributed by atoms with Crippen LogP contribution in [0.25, 0.3) is 22.3 Å². The zero-order valence-corrected chi connectivity index (χ0v) is 12.3. The largest absolute Gasteiger partial charge is 0.496 e. The summed E-state index contributed by atoms with van der Waals surface area (Å²) in [6.45, 7) is 4.05. The summed E-state index contributed by atoms with van der Waals surface area (Å²) < 4.78 is 5.40. The third-order valence-corrected chi connectivity index (χ3v) is 3.48. The summed E-state index contributed by atoms with van der Waals surface area (Å²) in [6.07, 6.45) is 0. The number of nitrogens with two attached hydrogens (primary N) is 1. The number of anilines is 1. The number of hydrogen-bond acceptors (Lipinski definition) is 4. The number of nitrogens with zero attached hydrogens (tertiary/aromatic N) is 2. The van der Waals surface area contributed by atoms with Crippen molar-refractivity contribution in [3.63, 3.8) is 0 Å². The number of benzene rings is 2. The Hall–Kier alpha value is -2.62. The molecule has 1 heterocycles. The molecule has 0 fully saturated rings. The maximum absolute atomic E-state index is 6.10. The van der Waals surface area contributed by atoms with Gasteiger partial charge in [0.15, 0.2) is 5.82 Å². The minimum absolute atomic E-state index is 0.488. The van der Waals surface area contributed by atoms with E-state index in [-0.39, 0.29) is 0 Å². The Morgan fingerprint density at radius 2 is 1.67 bits per heavy atom. The summed E-state index contributed by atoms with van der Waals surface area (Å²) >= 11 is 0. The summed E-state index contributed by atoms with van der Waals surface area (Å²) in [5.41, 5.74) is 10.1. The molecular formula is C17H17N3O. The highest BCUT2D eigenvalue weighted by Gasteiger charge is 2.12. The first kappa shape index (κ1) is 13.4. The second-order valence-electron chi connectivity index (χ2n) is 5.16. The molecule has 4 nitrogen and oxygen atoms in total. The maximum atomic E-state index is 6.10. The van der Waals surface area contributed by atoms with E-state index >= 15 is 0 Å². The van der Waals surface area contributed by atoms with Gasteiger partial charge in [-0.3, -0.25) is 0 Å². The average molecular weight is 279 g/mol. The number of ether oxygens (including phenoxy) is 1. The standard InChI is InChI=1S/C17H17N3O/c1-10-4-6-14-12(8-10)16(18)20-17(19-14)13-9-11(2)5-7-15(13)21-3/h4-9H,1-3H3,(H2,18,19,20). The van der Waals surface area contributed by atoms with Crippen LogP contribution in [0.4, 0.5) is 5.82 Å². The molecule has 0 saturated heterocycles. The molecule has 21 heavy (non-hydrogen) atoms. The van der Waals surface area contributed by atoms with Crippen LogP contribution in [0.2, 0.25) is 0 Å². The highest BCUT2D eigenvalue weighted by atomic mass is 16.5. The average Bonchev–Trinajstić information content (AvgIpc) is 2.47. The van der Waals surface area contributed by atoms with Gasteiger partial charge in [-0.05, 0) is 38.1 Å². The Bertz CT molecular complexity index is 828. The van der Waals surface area contributed by atoms with Crippen LogP contribution < -0.4 is 10.5 Å². The Morgan fingerprint density at radius 1 is 0.952 bits per heavy atom. The number of methoxy groups -OCH3 is 1. The zero-order chi connectivity index (χ0) is 15.0. The van der Waals surface area contributed by atoms with Crippen molar-refractivity contribution in [2.45, 2.75) is 13.8 Å². The van der Waals surface area contributed by atoms with Gasteiger partial charge in [-0.2, -0.15) is 0 Å². The fourth-order valence-electron chi connectivity index (χ4n) is 2.38. The number of aromatic nitrogens is 2. The summed E-state index contributed by atoms with van der Waals surface area (Å²) in [5, 5.41) is 0.880. The first-order chi connectivity index (χ1) is 10.1. The Morgan fingerprint density at radius 3 is 2.43 bits per heavy atom. The van der Waals surface area contributed by atoms with E-state index in [9.17, 15) is 0 Å². The molecule has 4 heteroatoms. The van der Waals surface area contributed by atoms with Crippen molar-refractivity contribution in [3.05, 3.63) is 47.5 Å². The van der Waals surface area contributed by atoms with Crippen LogP contribution in [0.5, 0.6) is 5.75 Å². The normalized spacial score (nSPS) is 10.8. The lowest BCUT2D eigenvalue weighted by atomic mass is 10.1. The van der Waals surface area contributed by atoms with E-state index < -0.39 is 0 Å². The molecule has 1 aromatic heterocycles. The first-order valence-corrected chi connectivity index (χ1v) is 6.77. The van der Waals surface area contributed by atoms with Crippen LogP contribution in [0, 0.1) is 13.8 Å². The lowest BCUT2D eigenvalue weighted by molar-refractivity contribution is 0.416. The Kier molecular flexibility index (Phi) is 3.22. The van der Waals surface area contributed by atoms with E-state index in [4.69, 9.17) is 10.5 Å². The molecule has 0 aliphatic carbocycles. The van der Waals surface area contributed by atoms with Gasteiger partial charge in [-0.25, -0.2) is 9.97 Å². The second kappa shape index (κ2) is 5.05. The molecule has 0 aliphatic rings. The molecule has 3 aromatic rings. The van der Waals surface area contributed by atoms with Crippen LogP contribution >= 0.6 is 0 Å². The third-order valence-electron chi connectivity index (χ3n) is 3.48. The smallest absolute Gasteiger partial charge is 0.165 e. The zero-order valence-electron chi connectivity index (χ0n) is 12.3. The van der Waals surface area contributed by atoms with Crippen molar-refractivity contribution < 1.29 is 4.74 Å². The quantitative estimate of drug-likeness (QED) is 0.780. The minimum Gasteiger partial charge on any atom is -0.496 e. The van der Waals surface area contributed by atoms with E-state index in [0.717, 1.165) is 33.3 Å². The van der Waals surface area contributed by atoms with Gasteiger partial charge in [0.2, 0.25) is 0 Å². The molecule has 106 valence electrons. The molecule has 0 unspecified atom stereocenters. The molecule has 2 aromatic carbocycles. The summed E-state index contributed by atoms with van der Waals surface area (Å²) in [4.78, 5) is 9.08. The van der Waals surface area contributed by atoms with Crippen LogP contribution in [-0.2, 0) is 0 Å². The number of nitrogen functional groups attached to an aromatic ring is 1. The van der Waals surface area contributed by atoms with Crippen LogP contribution in [0.3, 0.4) is 0 Å². The second-order valence-corrected chi connectivity index (χ2v) is 5.16. The topological polar surface area (TPSA) is 61.0 Å². The fraction of sp³-hybridized carbons (Fsp3) is 0.176. The van der Waals surface area contributed by atoms with Gasteiger partial charge < -0.3 is 10.5 Å².